The molecule has 0 radical (unpaired) electrons. The molecular weight excluding hydrogens is 334 g/mol. The first kappa shape index (κ1) is 16.7. The van der Waals surface area contributed by atoms with E-state index in [1.807, 2.05) is 6.92 Å². The first-order chi connectivity index (χ1) is 9.78. The summed E-state index contributed by atoms with van der Waals surface area (Å²) in [6.45, 7) is 2.15. The molecule has 1 aromatic carbocycles. The van der Waals surface area contributed by atoms with Crippen LogP contribution in [0.5, 0.6) is 0 Å². The summed E-state index contributed by atoms with van der Waals surface area (Å²) in [4.78, 5) is 0.0319. The second-order valence-electron chi connectivity index (χ2n) is 5.10. The number of hydrogen-bond donors (Lipinski definition) is 0. The van der Waals surface area contributed by atoms with Crippen LogP contribution in [-0.2, 0) is 19.9 Å². The third kappa shape index (κ3) is 3.59. The Morgan fingerprint density at radius 3 is 2.52 bits per heavy atom. The van der Waals surface area contributed by atoms with Gasteiger partial charge in [0.05, 0.1) is 16.5 Å². The Hall–Kier alpha value is -0.630. The van der Waals surface area contributed by atoms with Crippen molar-refractivity contribution in [3.8, 4) is 0 Å². The van der Waals surface area contributed by atoms with Crippen LogP contribution in [0.1, 0.15) is 19.8 Å². The van der Waals surface area contributed by atoms with Crippen LogP contribution in [0.3, 0.4) is 0 Å². The third-order valence-electron chi connectivity index (χ3n) is 3.48. The Morgan fingerprint density at radius 2 is 2.00 bits per heavy atom. The fourth-order valence-electron chi connectivity index (χ4n) is 2.50. The van der Waals surface area contributed by atoms with Crippen molar-refractivity contribution in [2.45, 2.75) is 30.7 Å². The summed E-state index contributed by atoms with van der Waals surface area (Å²) in [5.41, 5.74) is 0. The molecule has 1 heterocycles. The largest absolute Gasteiger partial charge is 0.244 e. The van der Waals surface area contributed by atoms with Crippen molar-refractivity contribution >= 4 is 31.5 Å². The molecule has 0 bridgehead atoms. The van der Waals surface area contributed by atoms with Crippen molar-refractivity contribution in [3.05, 3.63) is 29.3 Å². The Morgan fingerprint density at radius 1 is 1.33 bits per heavy atom. The highest BCUT2D eigenvalue weighted by atomic mass is 35.5. The first-order valence-electron chi connectivity index (χ1n) is 6.75. The molecule has 1 aromatic rings. The van der Waals surface area contributed by atoms with Crippen molar-refractivity contribution in [2.75, 3.05) is 18.1 Å². The summed E-state index contributed by atoms with van der Waals surface area (Å²) < 4.78 is 50.1. The highest BCUT2D eigenvalue weighted by Crippen LogP contribution is 2.29. The van der Waals surface area contributed by atoms with Gasteiger partial charge in [0.25, 0.3) is 0 Å². The lowest BCUT2D eigenvalue weighted by molar-refractivity contribution is 0.340. The van der Waals surface area contributed by atoms with Gasteiger partial charge >= 0.3 is 0 Å². The van der Waals surface area contributed by atoms with E-state index >= 15 is 0 Å². The van der Waals surface area contributed by atoms with E-state index in [0.717, 1.165) is 0 Å². The quantitative estimate of drug-likeness (QED) is 0.812. The molecule has 0 aliphatic carbocycles. The van der Waals surface area contributed by atoms with Crippen LogP contribution in [0, 0.1) is 0 Å². The van der Waals surface area contributed by atoms with Crippen LogP contribution < -0.4 is 0 Å². The maximum absolute atomic E-state index is 12.8. The minimum Gasteiger partial charge on any atom is -0.229 e. The molecule has 118 valence electrons. The Balaban J connectivity index is 2.40. The van der Waals surface area contributed by atoms with Gasteiger partial charge in [-0.1, -0.05) is 30.7 Å². The van der Waals surface area contributed by atoms with Crippen LogP contribution >= 0.6 is 11.6 Å². The van der Waals surface area contributed by atoms with Gasteiger partial charge in [0.1, 0.15) is 4.90 Å². The highest BCUT2D eigenvalue weighted by Gasteiger charge is 2.38. The van der Waals surface area contributed by atoms with Gasteiger partial charge in [-0.15, -0.1) is 0 Å². The monoisotopic (exact) mass is 351 g/mol. The molecule has 1 aliphatic heterocycles. The zero-order valence-electron chi connectivity index (χ0n) is 11.7. The van der Waals surface area contributed by atoms with Gasteiger partial charge in [-0.25, -0.2) is 16.8 Å². The summed E-state index contributed by atoms with van der Waals surface area (Å²) in [7, 11) is -6.94. The number of sulfonamides is 1. The number of halogens is 1. The Kier molecular flexibility index (Phi) is 4.97. The summed E-state index contributed by atoms with van der Waals surface area (Å²) >= 11 is 5.99. The Bertz CT molecular complexity index is 715. The fraction of sp³-hybridized carbons (Fsp3) is 0.538. The smallest absolute Gasteiger partial charge is 0.229 e. The molecule has 1 saturated heterocycles. The van der Waals surface area contributed by atoms with Crippen molar-refractivity contribution in [1.29, 1.82) is 0 Å². The molecule has 0 unspecified atom stereocenters. The topological polar surface area (TPSA) is 71.5 Å². The van der Waals surface area contributed by atoms with Crippen LogP contribution in [0.15, 0.2) is 29.2 Å². The van der Waals surface area contributed by atoms with Gasteiger partial charge in [-0.3, -0.25) is 0 Å². The molecule has 8 heteroatoms. The van der Waals surface area contributed by atoms with Gasteiger partial charge in [0, 0.05) is 12.6 Å². The van der Waals surface area contributed by atoms with E-state index in [4.69, 9.17) is 11.6 Å². The number of rotatable bonds is 5. The molecular formula is C13H18ClNO4S2. The van der Waals surface area contributed by atoms with E-state index in [9.17, 15) is 16.8 Å². The molecule has 1 aliphatic rings. The van der Waals surface area contributed by atoms with E-state index < -0.39 is 25.9 Å². The molecule has 21 heavy (non-hydrogen) atoms. The second kappa shape index (κ2) is 6.24. The predicted octanol–water partition coefficient (Wildman–Crippen LogP) is 1.93. The first-order valence-corrected chi connectivity index (χ1v) is 10.4. The molecule has 2 rings (SSSR count). The standard InChI is InChI=1S/C13H18ClNO4S2/c1-2-8-15(11-7-9-20(16,17)10-11)21(18,19)13-6-4-3-5-12(13)14/h3-6,11H,2,7-10H2,1H3/t11-/m0/s1. The van der Waals surface area contributed by atoms with E-state index in [0.29, 0.717) is 12.8 Å². The molecule has 0 N–H and O–H groups in total. The lowest BCUT2D eigenvalue weighted by Gasteiger charge is -2.27. The average molecular weight is 352 g/mol. The Labute approximate surface area is 130 Å². The summed E-state index contributed by atoms with van der Waals surface area (Å²) in [5.74, 6) is -0.0768. The maximum atomic E-state index is 12.8. The summed E-state index contributed by atoms with van der Waals surface area (Å²) in [6, 6.07) is 5.73. The number of benzene rings is 1. The minimum atomic E-state index is -3.79. The van der Waals surface area contributed by atoms with Gasteiger partial charge in [0.15, 0.2) is 9.84 Å². The minimum absolute atomic E-state index is 0.0319. The summed E-state index contributed by atoms with van der Waals surface area (Å²) in [6.07, 6.45) is 0.951. The fourth-order valence-corrected chi connectivity index (χ4v) is 6.57. The van der Waals surface area contributed by atoms with Crippen molar-refractivity contribution in [1.82, 2.24) is 4.31 Å². The van der Waals surface area contributed by atoms with Crippen LogP contribution in [-0.4, -0.2) is 45.2 Å². The van der Waals surface area contributed by atoms with E-state index in [2.05, 4.69) is 0 Å². The van der Waals surface area contributed by atoms with Crippen molar-refractivity contribution < 1.29 is 16.8 Å². The number of sulfone groups is 1. The zero-order valence-corrected chi connectivity index (χ0v) is 14.1. The number of hydrogen-bond acceptors (Lipinski definition) is 4. The second-order valence-corrected chi connectivity index (χ2v) is 9.60. The van der Waals surface area contributed by atoms with Crippen molar-refractivity contribution in [3.63, 3.8) is 0 Å². The van der Waals surface area contributed by atoms with Gasteiger partial charge in [-0.2, -0.15) is 4.31 Å². The normalized spacial score (nSPS) is 21.8. The zero-order chi connectivity index (χ0) is 15.7. The molecule has 5 nitrogen and oxygen atoms in total. The lowest BCUT2D eigenvalue weighted by Crippen LogP contribution is -2.41. The lowest BCUT2D eigenvalue weighted by atomic mass is 10.2. The van der Waals surface area contributed by atoms with Crippen molar-refractivity contribution in [2.24, 2.45) is 0 Å². The molecule has 1 atom stereocenters. The molecule has 1 fully saturated rings. The molecule has 0 saturated carbocycles. The SMILES string of the molecule is CCCN([C@H]1CCS(=O)(=O)C1)S(=O)(=O)c1ccccc1Cl. The number of nitrogens with zero attached hydrogens (tertiary/aromatic N) is 1. The highest BCUT2D eigenvalue weighted by molar-refractivity contribution is 7.92. The maximum Gasteiger partial charge on any atom is 0.244 e. The molecule has 0 spiro atoms. The average Bonchev–Trinajstić information content (AvgIpc) is 2.76. The van der Waals surface area contributed by atoms with Crippen LogP contribution in [0.25, 0.3) is 0 Å². The third-order valence-corrected chi connectivity index (χ3v) is 7.68. The van der Waals surface area contributed by atoms with E-state index in [-0.39, 0.29) is 28.0 Å². The van der Waals surface area contributed by atoms with E-state index in [1.54, 1.807) is 12.1 Å². The van der Waals surface area contributed by atoms with E-state index in [1.165, 1.54) is 16.4 Å². The predicted molar refractivity (Wildman–Crippen MR) is 82.7 cm³/mol. The van der Waals surface area contributed by atoms with Crippen LogP contribution in [0.4, 0.5) is 0 Å². The molecule has 0 aromatic heterocycles. The van der Waals surface area contributed by atoms with Gasteiger partial charge in [0.2, 0.25) is 10.0 Å². The van der Waals surface area contributed by atoms with Crippen LogP contribution in [0.2, 0.25) is 5.02 Å². The van der Waals surface area contributed by atoms with Gasteiger partial charge in [-0.05, 0) is 25.0 Å². The van der Waals surface area contributed by atoms with Gasteiger partial charge < -0.3 is 0 Å². The molecule has 0 amide bonds. The summed E-state index contributed by atoms with van der Waals surface area (Å²) in [5, 5.41) is 0.152.